The fourth-order valence-electron chi connectivity index (χ4n) is 2.21. The third-order valence-electron chi connectivity index (χ3n) is 3.38. The van der Waals surface area contributed by atoms with Gasteiger partial charge in [0, 0.05) is 25.3 Å². The lowest BCUT2D eigenvalue weighted by Crippen LogP contribution is -2.45. The molecule has 0 aromatic carbocycles. The Hall–Kier alpha value is -0.920. The molecule has 0 bridgehead atoms. The Bertz CT molecular complexity index is 508. The molecule has 1 N–H and O–H groups in total. The van der Waals surface area contributed by atoms with Crippen LogP contribution in [0.4, 0.5) is 0 Å². The van der Waals surface area contributed by atoms with Crippen molar-refractivity contribution in [3.8, 4) is 0 Å². The van der Waals surface area contributed by atoms with Crippen LogP contribution in [0.5, 0.6) is 0 Å². The third kappa shape index (κ3) is 3.55. The normalized spacial score (nSPS) is 16.8. The molecule has 7 heteroatoms. The smallest absolute Gasteiger partial charge is 0.220 e. The summed E-state index contributed by atoms with van der Waals surface area (Å²) in [7, 11) is -3.39. The van der Waals surface area contributed by atoms with Gasteiger partial charge in [-0.15, -0.1) is 0 Å². The Morgan fingerprint density at radius 3 is 2.74 bits per heavy atom. The summed E-state index contributed by atoms with van der Waals surface area (Å²) in [5, 5.41) is 12.6. The zero-order valence-corrected chi connectivity index (χ0v) is 11.9. The number of nitrogens with zero attached hydrogens (tertiary/aromatic N) is 2. The summed E-state index contributed by atoms with van der Waals surface area (Å²) in [5.74, 6) is 0.475. The Morgan fingerprint density at radius 2 is 2.26 bits per heavy atom. The molecule has 0 amide bonds. The van der Waals surface area contributed by atoms with Crippen LogP contribution in [0.25, 0.3) is 0 Å². The zero-order valence-electron chi connectivity index (χ0n) is 11.1. The number of aromatic nitrogens is 1. The summed E-state index contributed by atoms with van der Waals surface area (Å²) in [4.78, 5) is 0. The summed E-state index contributed by atoms with van der Waals surface area (Å²) < 4.78 is 31.2. The van der Waals surface area contributed by atoms with Crippen LogP contribution in [-0.4, -0.2) is 42.2 Å². The van der Waals surface area contributed by atoms with Crippen molar-refractivity contribution in [2.24, 2.45) is 0 Å². The van der Waals surface area contributed by atoms with E-state index in [1.165, 1.54) is 4.31 Å². The van der Waals surface area contributed by atoms with Gasteiger partial charge in [-0.05, 0) is 26.2 Å². The minimum Gasteiger partial charge on any atom is -0.396 e. The Balaban J connectivity index is 2.09. The predicted octanol–water partition coefficient (Wildman–Crippen LogP) is 1.05. The highest BCUT2D eigenvalue weighted by molar-refractivity contribution is 7.88. The Kier molecular flexibility index (Phi) is 4.59. The molecule has 1 aliphatic rings. The quantitative estimate of drug-likeness (QED) is 0.810. The van der Waals surface area contributed by atoms with Gasteiger partial charge in [0.25, 0.3) is 0 Å². The SMILES string of the molecule is Cc1cc(CS(=O)(=O)N(CCCO)C2CCC2)no1. The van der Waals surface area contributed by atoms with E-state index in [4.69, 9.17) is 9.63 Å². The van der Waals surface area contributed by atoms with Gasteiger partial charge in [0.05, 0.1) is 0 Å². The van der Waals surface area contributed by atoms with E-state index in [1.807, 2.05) is 0 Å². The van der Waals surface area contributed by atoms with Gasteiger partial charge < -0.3 is 9.63 Å². The molecule has 1 aromatic rings. The molecule has 1 heterocycles. The minimum absolute atomic E-state index is 0.00179. The molecule has 0 atom stereocenters. The molecule has 0 unspecified atom stereocenters. The van der Waals surface area contributed by atoms with Gasteiger partial charge in [0.15, 0.2) is 0 Å². The zero-order chi connectivity index (χ0) is 13.9. The van der Waals surface area contributed by atoms with Crippen LogP contribution in [0.1, 0.15) is 37.1 Å². The van der Waals surface area contributed by atoms with E-state index in [2.05, 4.69) is 5.16 Å². The Morgan fingerprint density at radius 1 is 1.53 bits per heavy atom. The maximum atomic E-state index is 12.4. The number of rotatable bonds is 7. The molecule has 0 aliphatic heterocycles. The summed E-state index contributed by atoms with van der Waals surface area (Å²) in [6.45, 7) is 2.11. The monoisotopic (exact) mass is 288 g/mol. The van der Waals surface area contributed by atoms with Crippen molar-refractivity contribution < 1.29 is 18.0 Å². The highest BCUT2D eigenvalue weighted by atomic mass is 32.2. The predicted molar refractivity (Wildman–Crippen MR) is 69.9 cm³/mol. The molecule has 19 heavy (non-hydrogen) atoms. The van der Waals surface area contributed by atoms with Gasteiger partial charge in [0.2, 0.25) is 10.0 Å². The Labute approximate surface area is 113 Å². The van der Waals surface area contributed by atoms with Crippen LogP contribution >= 0.6 is 0 Å². The molecule has 1 aromatic heterocycles. The number of hydrogen-bond acceptors (Lipinski definition) is 5. The molecular formula is C12H20N2O4S. The van der Waals surface area contributed by atoms with Gasteiger partial charge in [0.1, 0.15) is 17.2 Å². The van der Waals surface area contributed by atoms with Crippen LogP contribution < -0.4 is 0 Å². The van der Waals surface area contributed by atoms with Gasteiger partial charge in [-0.3, -0.25) is 0 Å². The first-order valence-electron chi connectivity index (χ1n) is 6.55. The molecule has 0 saturated heterocycles. The van der Waals surface area contributed by atoms with Gasteiger partial charge in [-0.25, -0.2) is 8.42 Å². The molecule has 0 radical (unpaired) electrons. The lowest BCUT2D eigenvalue weighted by atomic mass is 9.93. The van der Waals surface area contributed by atoms with Crippen LogP contribution in [0, 0.1) is 6.92 Å². The maximum Gasteiger partial charge on any atom is 0.220 e. The number of hydrogen-bond donors (Lipinski definition) is 1. The van der Waals surface area contributed by atoms with Gasteiger partial charge in [-0.1, -0.05) is 11.6 Å². The van der Waals surface area contributed by atoms with E-state index in [9.17, 15) is 8.42 Å². The van der Waals surface area contributed by atoms with Crippen LogP contribution in [0.2, 0.25) is 0 Å². The van der Waals surface area contributed by atoms with Crippen LogP contribution in [0.15, 0.2) is 10.6 Å². The summed E-state index contributed by atoms with van der Waals surface area (Å²) in [6, 6.07) is 1.73. The molecule has 1 saturated carbocycles. The molecule has 0 spiro atoms. The molecule has 1 fully saturated rings. The average molecular weight is 288 g/mol. The van der Waals surface area contributed by atoms with E-state index >= 15 is 0 Å². The number of sulfonamides is 1. The van der Waals surface area contributed by atoms with Crippen molar-refractivity contribution >= 4 is 10.0 Å². The largest absolute Gasteiger partial charge is 0.396 e. The topological polar surface area (TPSA) is 83.6 Å². The van der Waals surface area contributed by atoms with Crippen molar-refractivity contribution in [3.05, 3.63) is 17.5 Å². The first-order valence-corrected chi connectivity index (χ1v) is 8.16. The summed E-state index contributed by atoms with van der Waals surface area (Å²) in [5.41, 5.74) is 0.436. The fraction of sp³-hybridized carbons (Fsp3) is 0.750. The molecule has 6 nitrogen and oxygen atoms in total. The van der Waals surface area contributed by atoms with Crippen molar-refractivity contribution in [1.29, 1.82) is 0 Å². The van der Waals surface area contributed by atoms with E-state index in [1.54, 1.807) is 13.0 Å². The second-order valence-corrected chi connectivity index (χ2v) is 6.88. The number of aliphatic hydroxyl groups is 1. The van der Waals surface area contributed by atoms with E-state index < -0.39 is 10.0 Å². The van der Waals surface area contributed by atoms with Gasteiger partial charge >= 0.3 is 0 Å². The van der Waals surface area contributed by atoms with Crippen LogP contribution in [-0.2, 0) is 15.8 Å². The summed E-state index contributed by atoms with van der Waals surface area (Å²) >= 11 is 0. The minimum atomic E-state index is -3.39. The summed E-state index contributed by atoms with van der Waals surface area (Å²) in [6.07, 6.45) is 3.34. The highest BCUT2D eigenvalue weighted by Crippen LogP contribution is 2.28. The van der Waals surface area contributed by atoms with Crippen molar-refractivity contribution in [2.75, 3.05) is 13.2 Å². The van der Waals surface area contributed by atoms with Crippen LogP contribution in [0.3, 0.4) is 0 Å². The number of aryl methyl sites for hydroxylation is 1. The standard InChI is InChI=1S/C12H20N2O4S/c1-10-8-11(13-18-10)9-19(16,17)14(6-3-7-15)12-4-2-5-12/h8,12,15H,2-7,9H2,1H3. The van der Waals surface area contributed by atoms with E-state index in [-0.39, 0.29) is 18.4 Å². The highest BCUT2D eigenvalue weighted by Gasteiger charge is 2.33. The first kappa shape index (κ1) is 14.5. The van der Waals surface area contributed by atoms with Gasteiger partial charge in [-0.2, -0.15) is 4.31 Å². The second-order valence-electron chi connectivity index (χ2n) is 4.96. The van der Waals surface area contributed by atoms with Crippen molar-refractivity contribution in [1.82, 2.24) is 9.46 Å². The lowest BCUT2D eigenvalue weighted by Gasteiger charge is -2.36. The molecular weight excluding hydrogens is 268 g/mol. The second kappa shape index (κ2) is 6.02. The fourth-order valence-corrected chi connectivity index (χ4v) is 3.95. The van der Waals surface area contributed by atoms with E-state index in [0.29, 0.717) is 24.4 Å². The maximum absolute atomic E-state index is 12.4. The lowest BCUT2D eigenvalue weighted by molar-refractivity contribution is 0.198. The average Bonchev–Trinajstić information content (AvgIpc) is 2.66. The first-order chi connectivity index (χ1) is 9.03. The number of aliphatic hydroxyl groups excluding tert-OH is 1. The molecule has 1 aliphatic carbocycles. The molecule has 108 valence electrons. The van der Waals surface area contributed by atoms with E-state index in [0.717, 1.165) is 19.3 Å². The molecule has 2 rings (SSSR count). The third-order valence-corrected chi connectivity index (χ3v) is 5.24. The van der Waals surface area contributed by atoms with Crippen molar-refractivity contribution in [3.63, 3.8) is 0 Å². The van der Waals surface area contributed by atoms with Crippen molar-refractivity contribution in [2.45, 2.75) is 44.4 Å².